The van der Waals surface area contributed by atoms with E-state index in [0.717, 1.165) is 5.56 Å². The lowest BCUT2D eigenvalue weighted by atomic mass is 10.1. The summed E-state index contributed by atoms with van der Waals surface area (Å²) in [7, 11) is 3.14. The first kappa shape index (κ1) is 25.5. The molecule has 0 aliphatic heterocycles. The number of ether oxygens (including phenoxy) is 3. The van der Waals surface area contributed by atoms with Crippen LogP contribution in [0.15, 0.2) is 42.5 Å². The number of anilines is 2. The van der Waals surface area contributed by atoms with E-state index >= 15 is 0 Å². The molecule has 0 fully saturated rings. The van der Waals surface area contributed by atoms with Crippen molar-refractivity contribution in [2.75, 3.05) is 31.4 Å². The molecule has 3 N–H and O–H groups in total. The second-order valence-corrected chi connectivity index (χ2v) is 8.22. The number of rotatable bonds is 9. The van der Waals surface area contributed by atoms with Crippen LogP contribution < -0.4 is 25.4 Å². The van der Waals surface area contributed by atoms with Crippen LogP contribution >= 0.6 is 0 Å². The van der Waals surface area contributed by atoms with E-state index < -0.39 is 17.6 Å². The lowest BCUT2D eigenvalue weighted by Gasteiger charge is -2.19. The van der Waals surface area contributed by atoms with E-state index in [2.05, 4.69) is 16.0 Å². The van der Waals surface area contributed by atoms with Crippen molar-refractivity contribution in [1.29, 1.82) is 0 Å². The number of hydrogen-bond donors (Lipinski definition) is 3. The Labute approximate surface area is 193 Å². The molecule has 9 heteroatoms. The van der Waals surface area contributed by atoms with Crippen molar-refractivity contribution in [3.8, 4) is 11.5 Å². The Hall–Kier alpha value is -3.75. The molecule has 33 heavy (non-hydrogen) atoms. The Balaban J connectivity index is 1.78. The van der Waals surface area contributed by atoms with Gasteiger partial charge >= 0.3 is 6.09 Å². The lowest BCUT2D eigenvalue weighted by Crippen LogP contribution is -2.37. The van der Waals surface area contributed by atoms with Crippen molar-refractivity contribution in [2.24, 2.45) is 0 Å². The Morgan fingerprint density at radius 3 is 1.94 bits per heavy atom. The Kier molecular flexibility index (Phi) is 9.08. The van der Waals surface area contributed by atoms with Crippen LogP contribution in [0.4, 0.5) is 16.2 Å². The average molecular weight is 458 g/mol. The van der Waals surface area contributed by atoms with Crippen LogP contribution in [-0.2, 0) is 20.7 Å². The highest BCUT2D eigenvalue weighted by Gasteiger charge is 2.16. The minimum absolute atomic E-state index is 0.136. The van der Waals surface area contributed by atoms with Crippen LogP contribution in [-0.4, -0.2) is 44.3 Å². The number of hydrogen-bond acceptors (Lipinski definition) is 6. The average Bonchev–Trinajstić information content (AvgIpc) is 2.76. The molecule has 178 valence electrons. The fourth-order valence-corrected chi connectivity index (χ4v) is 2.83. The molecule has 0 spiro atoms. The largest absolute Gasteiger partial charge is 0.493 e. The number of alkyl carbamates (subject to hydrolysis) is 1. The van der Waals surface area contributed by atoms with Gasteiger partial charge in [-0.15, -0.1) is 0 Å². The van der Waals surface area contributed by atoms with Crippen molar-refractivity contribution in [2.45, 2.75) is 39.2 Å². The molecule has 0 heterocycles. The normalized spacial score (nSPS) is 10.7. The van der Waals surface area contributed by atoms with Crippen LogP contribution in [0.5, 0.6) is 11.5 Å². The zero-order valence-electron chi connectivity index (χ0n) is 19.6. The minimum atomic E-state index is -0.663. The van der Waals surface area contributed by atoms with E-state index in [4.69, 9.17) is 14.2 Å². The number of nitrogens with one attached hydrogen (secondary N) is 3. The molecule has 9 nitrogen and oxygen atoms in total. The van der Waals surface area contributed by atoms with Gasteiger partial charge in [-0.1, -0.05) is 6.07 Å². The first-order valence-corrected chi connectivity index (χ1v) is 10.5. The molecule has 0 radical (unpaired) electrons. The molecule has 0 aromatic heterocycles. The van der Waals surface area contributed by atoms with Gasteiger partial charge < -0.3 is 30.2 Å². The molecule has 0 aliphatic rings. The first-order chi connectivity index (χ1) is 15.6. The number of amides is 3. The third kappa shape index (κ3) is 9.10. The topological polar surface area (TPSA) is 115 Å². The molecule has 3 amide bonds. The highest BCUT2D eigenvalue weighted by Crippen LogP contribution is 2.28. The van der Waals surface area contributed by atoms with Crippen LogP contribution in [0.2, 0.25) is 0 Å². The van der Waals surface area contributed by atoms with E-state index in [9.17, 15) is 14.4 Å². The molecule has 2 aromatic rings. The second-order valence-electron chi connectivity index (χ2n) is 8.22. The first-order valence-electron chi connectivity index (χ1n) is 10.5. The zero-order valence-corrected chi connectivity index (χ0v) is 19.6. The van der Waals surface area contributed by atoms with Gasteiger partial charge in [0.15, 0.2) is 11.5 Å². The van der Waals surface area contributed by atoms with Gasteiger partial charge in [-0.2, -0.15) is 0 Å². The third-order valence-electron chi connectivity index (χ3n) is 4.33. The summed E-state index contributed by atoms with van der Waals surface area (Å²) in [5.41, 5.74) is 1.47. The smallest absolute Gasteiger partial charge is 0.408 e. The predicted molar refractivity (Wildman–Crippen MR) is 126 cm³/mol. The maximum atomic E-state index is 12.3. The van der Waals surface area contributed by atoms with Gasteiger partial charge in [0.2, 0.25) is 11.8 Å². The molecule has 0 bridgehead atoms. The molecule has 2 rings (SSSR count). The Morgan fingerprint density at radius 1 is 0.818 bits per heavy atom. The summed E-state index contributed by atoms with van der Waals surface area (Å²) in [4.78, 5) is 35.9. The molecule has 2 aromatic carbocycles. The number of benzene rings is 2. The number of carbonyl (C=O) groups excluding carboxylic acids is 3. The summed E-state index contributed by atoms with van der Waals surface area (Å²) in [5, 5.41) is 7.88. The minimum Gasteiger partial charge on any atom is -0.493 e. The summed E-state index contributed by atoms with van der Waals surface area (Å²) in [6.07, 6.45) is 0.179. The molecule has 0 aliphatic carbocycles. The predicted octanol–water partition coefficient (Wildman–Crippen LogP) is 3.74. The summed E-state index contributed by atoms with van der Waals surface area (Å²) in [6, 6.07) is 12.2. The van der Waals surface area contributed by atoms with Crippen LogP contribution in [0.3, 0.4) is 0 Å². The number of methoxy groups -OCH3 is 2. The fraction of sp³-hybridized carbons (Fsp3) is 0.375. The lowest BCUT2D eigenvalue weighted by molar-refractivity contribution is -0.116. The molecule has 0 atom stereocenters. The van der Waals surface area contributed by atoms with Gasteiger partial charge in [-0.25, -0.2) is 4.79 Å². The maximum absolute atomic E-state index is 12.3. The van der Waals surface area contributed by atoms with Gasteiger partial charge in [0, 0.05) is 17.8 Å². The van der Waals surface area contributed by atoms with Gasteiger partial charge in [0.05, 0.1) is 14.2 Å². The third-order valence-corrected chi connectivity index (χ3v) is 4.33. The highest BCUT2D eigenvalue weighted by molar-refractivity contribution is 5.95. The summed E-state index contributed by atoms with van der Waals surface area (Å²) in [6.45, 7) is 5.00. The van der Waals surface area contributed by atoms with Crippen molar-refractivity contribution in [3.63, 3.8) is 0 Å². The summed E-state index contributed by atoms with van der Waals surface area (Å²) >= 11 is 0. The van der Waals surface area contributed by atoms with E-state index in [1.165, 1.54) is 0 Å². The molecule has 0 saturated heterocycles. The fourth-order valence-electron chi connectivity index (χ4n) is 2.83. The van der Waals surface area contributed by atoms with Crippen molar-refractivity contribution in [3.05, 3.63) is 48.0 Å². The summed E-state index contributed by atoms with van der Waals surface area (Å²) in [5.74, 6) is 0.725. The number of carbonyl (C=O) groups is 3. The van der Waals surface area contributed by atoms with E-state index in [1.807, 2.05) is 18.2 Å². The van der Waals surface area contributed by atoms with Gasteiger partial charge in [-0.05, 0) is 69.2 Å². The monoisotopic (exact) mass is 457 g/mol. The van der Waals surface area contributed by atoms with Crippen LogP contribution in [0.1, 0.15) is 32.8 Å². The Bertz CT molecular complexity index is 967. The van der Waals surface area contributed by atoms with Crippen molar-refractivity contribution in [1.82, 2.24) is 5.32 Å². The molecular weight excluding hydrogens is 426 g/mol. The SMILES string of the molecule is COc1ccc(CCC(=O)Nc2ccc(NC(=O)CNC(=O)OC(C)(C)C)cc2)cc1OC. The molecule has 0 saturated carbocycles. The molecule has 0 unspecified atom stereocenters. The van der Waals surface area contributed by atoms with Crippen molar-refractivity contribution < 1.29 is 28.6 Å². The quantitative estimate of drug-likeness (QED) is 0.528. The van der Waals surface area contributed by atoms with E-state index in [1.54, 1.807) is 59.3 Å². The highest BCUT2D eigenvalue weighted by atomic mass is 16.6. The van der Waals surface area contributed by atoms with E-state index in [-0.39, 0.29) is 12.5 Å². The van der Waals surface area contributed by atoms with Crippen LogP contribution in [0.25, 0.3) is 0 Å². The second kappa shape index (κ2) is 11.8. The Morgan fingerprint density at radius 2 is 1.39 bits per heavy atom. The van der Waals surface area contributed by atoms with Crippen molar-refractivity contribution >= 4 is 29.3 Å². The zero-order chi connectivity index (χ0) is 24.4. The van der Waals surface area contributed by atoms with E-state index in [0.29, 0.717) is 35.7 Å². The van der Waals surface area contributed by atoms with Gasteiger partial charge in [0.25, 0.3) is 0 Å². The maximum Gasteiger partial charge on any atom is 0.408 e. The number of aryl methyl sites for hydroxylation is 1. The van der Waals surface area contributed by atoms with Crippen LogP contribution in [0, 0.1) is 0 Å². The van der Waals surface area contributed by atoms with Gasteiger partial charge in [-0.3, -0.25) is 9.59 Å². The molecular formula is C24H31N3O6. The summed E-state index contributed by atoms with van der Waals surface area (Å²) < 4.78 is 15.6. The van der Waals surface area contributed by atoms with Gasteiger partial charge in [0.1, 0.15) is 12.1 Å². The standard InChI is InChI=1S/C24H31N3O6/c1-24(2,3)33-23(30)25-15-22(29)27-18-10-8-17(9-11-18)26-21(28)13-7-16-6-12-19(31-4)20(14-16)32-5/h6,8-12,14H,7,13,15H2,1-5H3,(H,25,30)(H,26,28)(H,27,29).